The summed E-state index contributed by atoms with van der Waals surface area (Å²) in [6, 6.07) is 2.30. The lowest BCUT2D eigenvalue weighted by Crippen LogP contribution is -2.12. The van der Waals surface area contributed by atoms with E-state index in [2.05, 4.69) is 34.2 Å². The highest BCUT2D eigenvalue weighted by molar-refractivity contribution is 9.09. The van der Waals surface area contributed by atoms with E-state index in [1.165, 1.54) is 5.57 Å². The van der Waals surface area contributed by atoms with Crippen LogP contribution in [0.4, 0.5) is 0 Å². The zero-order valence-electron chi connectivity index (χ0n) is 6.47. The van der Waals surface area contributed by atoms with Crippen LogP contribution in [-0.4, -0.2) is 5.33 Å². The third-order valence-electron chi connectivity index (χ3n) is 1.79. The first-order chi connectivity index (χ1) is 5.20. The molecule has 0 spiro atoms. The predicted octanol–water partition coefficient (Wildman–Crippen LogP) is 2.80. The zero-order chi connectivity index (χ0) is 8.32. The molecule has 2 heteroatoms. The fourth-order valence-corrected chi connectivity index (χ4v) is 1.48. The summed E-state index contributed by atoms with van der Waals surface area (Å²) < 4.78 is 0. The van der Waals surface area contributed by atoms with Crippen molar-refractivity contribution >= 4 is 15.9 Å². The van der Waals surface area contributed by atoms with Crippen LogP contribution in [0.3, 0.4) is 0 Å². The van der Waals surface area contributed by atoms with E-state index in [0.717, 1.165) is 11.8 Å². The Labute approximate surface area is 75.5 Å². The minimum atomic E-state index is -0.280. The number of hydrogen-bond donors (Lipinski definition) is 0. The summed E-state index contributed by atoms with van der Waals surface area (Å²) in [4.78, 5) is 0. The van der Waals surface area contributed by atoms with Crippen molar-refractivity contribution < 1.29 is 0 Å². The molecular formula is C9H10BrN. The number of rotatable bonds is 1. The Morgan fingerprint density at radius 1 is 1.82 bits per heavy atom. The lowest BCUT2D eigenvalue weighted by atomic mass is 9.83. The Morgan fingerprint density at radius 2 is 2.55 bits per heavy atom. The molecule has 0 radical (unpaired) electrons. The number of nitriles is 1. The van der Waals surface area contributed by atoms with Crippen LogP contribution in [0.2, 0.25) is 0 Å². The van der Waals surface area contributed by atoms with Crippen molar-refractivity contribution in [1.29, 1.82) is 5.26 Å². The molecule has 1 aliphatic rings. The molecule has 0 aliphatic heterocycles. The van der Waals surface area contributed by atoms with Crippen molar-refractivity contribution in [2.45, 2.75) is 13.3 Å². The summed E-state index contributed by atoms with van der Waals surface area (Å²) in [7, 11) is 0. The van der Waals surface area contributed by atoms with Gasteiger partial charge in [0.2, 0.25) is 0 Å². The summed E-state index contributed by atoms with van der Waals surface area (Å²) in [5.41, 5.74) is 0.915. The second-order valence-electron chi connectivity index (χ2n) is 2.99. The maximum atomic E-state index is 8.82. The van der Waals surface area contributed by atoms with Gasteiger partial charge in [0.1, 0.15) is 0 Å². The largest absolute Gasteiger partial charge is 0.197 e. The molecule has 0 aromatic heterocycles. The molecule has 0 bridgehead atoms. The molecule has 0 N–H and O–H groups in total. The fraction of sp³-hybridized carbons (Fsp3) is 0.444. The number of allylic oxidation sites excluding steroid dienone is 4. The van der Waals surface area contributed by atoms with Crippen molar-refractivity contribution in [3.8, 4) is 6.07 Å². The summed E-state index contributed by atoms with van der Waals surface area (Å²) >= 11 is 3.36. The predicted molar refractivity (Wildman–Crippen MR) is 49.4 cm³/mol. The Morgan fingerprint density at radius 3 is 3.09 bits per heavy atom. The number of alkyl halides is 1. The quantitative estimate of drug-likeness (QED) is 0.613. The van der Waals surface area contributed by atoms with Gasteiger partial charge in [-0.3, -0.25) is 0 Å². The minimum absolute atomic E-state index is 0.280. The first-order valence-corrected chi connectivity index (χ1v) is 4.68. The Kier molecular flexibility index (Phi) is 2.51. The minimum Gasteiger partial charge on any atom is -0.197 e. The highest BCUT2D eigenvalue weighted by Gasteiger charge is 2.21. The van der Waals surface area contributed by atoms with Crippen molar-refractivity contribution in [3.05, 3.63) is 23.8 Å². The van der Waals surface area contributed by atoms with E-state index in [1.807, 2.05) is 13.0 Å². The van der Waals surface area contributed by atoms with E-state index in [0.29, 0.717) is 0 Å². The molecule has 1 nitrogen and oxygen atoms in total. The SMILES string of the molecule is CC1(C#N)C=C(CBr)C=CC1. The van der Waals surface area contributed by atoms with Gasteiger partial charge >= 0.3 is 0 Å². The highest BCUT2D eigenvalue weighted by atomic mass is 79.9. The summed E-state index contributed by atoms with van der Waals surface area (Å²) in [6.45, 7) is 1.96. The first-order valence-electron chi connectivity index (χ1n) is 3.56. The molecular weight excluding hydrogens is 202 g/mol. The monoisotopic (exact) mass is 211 g/mol. The number of hydrogen-bond acceptors (Lipinski definition) is 1. The van der Waals surface area contributed by atoms with Crippen molar-refractivity contribution in [3.63, 3.8) is 0 Å². The van der Waals surface area contributed by atoms with Crippen LogP contribution in [-0.2, 0) is 0 Å². The van der Waals surface area contributed by atoms with Gasteiger partial charge in [-0.1, -0.05) is 34.2 Å². The van der Waals surface area contributed by atoms with Gasteiger partial charge in [-0.2, -0.15) is 5.26 Å². The van der Waals surface area contributed by atoms with Crippen LogP contribution in [0.25, 0.3) is 0 Å². The van der Waals surface area contributed by atoms with Gasteiger partial charge in [0.05, 0.1) is 11.5 Å². The summed E-state index contributed by atoms with van der Waals surface area (Å²) in [5, 5.41) is 9.65. The van der Waals surface area contributed by atoms with Gasteiger partial charge < -0.3 is 0 Å². The molecule has 1 aliphatic carbocycles. The molecule has 0 fully saturated rings. The summed E-state index contributed by atoms with van der Waals surface area (Å²) in [6.07, 6.45) is 6.98. The van der Waals surface area contributed by atoms with Crippen molar-refractivity contribution in [2.75, 3.05) is 5.33 Å². The van der Waals surface area contributed by atoms with Gasteiger partial charge in [0, 0.05) is 5.33 Å². The topological polar surface area (TPSA) is 23.8 Å². The van der Waals surface area contributed by atoms with Crippen molar-refractivity contribution in [2.24, 2.45) is 5.41 Å². The van der Waals surface area contributed by atoms with Gasteiger partial charge in [0.25, 0.3) is 0 Å². The second-order valence-corrected chi connectivity index (χ2v) is 3.55. The van der Waals surface area contributed by atoms with Gasteiger partial charge in [-0.05, 0) is 18.9 Å². The third kappa shape index (κ3) is 1.94. The standard InChI is InChI=1S/C9H10BrN/c1-9(7-11)4-2-3-8(5-9)6-10/h2-3,5H,4,6H2,1H3. The molecule has 0 heterocycles. The number of halogens is 1. The van der Waals surface area contributed by atoms with Crippen LogP contribution in [0.1, 0.15) is 13.3 Å². The van der Waals surface area contributed by atoms with E-state index >= 15 is 0 Å². The molecule has 0 saturated heterocycles. The lowest BCUT2D eigenvalue weighted by Gasteiger charge is -2.19. The van der Waals surface area contributed by atoms with E-state index in [9.17, 15) is 0 Å². The van der Waals surface area contributed by atoms with E-state index in [4.69, 9.17) is 5.26 Å². The highest BCUT2D eigenvalue weighted by Crippen LogP contribution is 2.29. The van der Waals surface area contributed by atoms with Gasteiger partial charge in [-0.25, -0.2) is 0 Å². The maximum Gasteiger partial charge on any atom is 0.0765 e. The lowest BCUT2D eigenvalue weighted by molar-refractivity contribution is 0.569. The van der Waals surface area contributed by atoms with E-state index < -0.39 is 0 Å². The van der Waals surface area contributed by atoms with Crippen LogP contribution < -0.4 is 0 Å². The smallest absolute Gasteiger partial charge is 0.0765 e. The molecule has 1 atom stereocenters. The zero-order valence-corrected chi connectivity index (χ0v) is 8.06. The Bertz CT molecular complexity index is 247. The summed E-state index contributed by atoms with van der Waals surface area (Å²) in [5.74, 6) is 0. The normalized spacial score (nSPS) is 29.4. The average Bonchev–Trinajstić information content (AvgIpc) is 2.05. The molecule has 0 saturated carbocycles. The molecule has 0 aromatic carbocycles. The van der Waals surface area contributed by atoms with Gasteiger partial charge in [0.15, 0.2) is 0 Å². The third-order valence-corrected chi connectivity index (χ3v) is 2.43. The maximum absolute atomic E-state index is 8.82. The molecule has 1 unspecified atom stereocenters. The van der Waals surface area contributed by atoms with Crippen LogP contribution in [0.5, 0.6) is 0 Å². The van der Waals surface area contributed by atoms with Crippen molar-refractivity contribution in [1.82, 2.24) is 0 Å². The van der Waals surface area contributed by atoms with Gasteiger partial charge in [-0.15, -0.1) is 0 Å². The second kappa shape index (κ2) is 3.23. The van der Waals surface area contributed by atoms with Crippen LogP contribution in [0, 0.1) is 16.7 Å². The number of nitrogens with zero attached hydrogens (tertiary/aromatic N) is 1. The first kappa shape index (κ1) is 8.55. The molecule has 1 rings (SSSR count). The van der Waals surface area contributed by atoms with E-state index in [1.54, 1.807) is 0 Å². The molecule has 0 amide bonds. The van der Waals surface area contributed by atoms with Crippen LogP contribution in [0.15, 0.2) is 23.8 Å². The Balaban J connectivity index is 2.86. The molecule has 0 aromatic rings. The molecule has 58 valence electrons. The fourth-order valence-electron chi connectivity index (χ4n) is 1.13. The Hall–Kier alpha value is -0.550. The van der Waals surface area contributed by atoms with Crippen LogP contribution >= 0.6 is 15.9 Å². The molecule has 11 heavy (non-hydrogen) atoms. The average molecular weight is 212 g/mol. The van der Waals surface area contributed by atoms with E-state index in [-0.39, 0.29) is 5.41 Å².